The summed E-state index contributed by atoms with van der Waals surface area (Å²) in [5.41, 5.74) is 7.94. The summed E-state index contributed by atoms with van der Waals surface area (Å²) in [7, 11) is 0. The number of non-ortho nitro benzene ring substituents is 1. The van der Waals surface area contributed by atoms with Crippen LogP contribution in [0, 0.1) is 10.1 Å². The maximum atomic E-state index is 12.5. The molecule has 0 radical (unpaired) electrons. The molecule has 8 nitrogen and oxygen atoms in total. The molecule has 0 bridgehead atoms. The number of hydrogen-bond donors (Lipinski definition) is 2. The molecule has 48 heavy (non-hydrogen) atoms. The summed E-state index contributed by atoms with van der Waals surface area (Å²) in [4.78, 5) is 34.6. The molecule has 0 saturated heterocycles. The third kappa shape index (κ3) is 7.82. The Morgan fingerprint density at radius 2 is 1.35 bits per heavy atom. The Morgan fingerprint density at radius 3 is 2.02 bits per heavy atom. The van der Waals surface area contributed by atoms with E-state index in [1.165, 1.54) is 41.6 Å². The maximum Gasteiger partial charge on any atom is 0.327 e. The van der Waals surface area contributed by atoms with Crippen molar-refractivity contribution in [3.05, 3.63) is 160 Å². The van der Waals surface area contributed by atoms with Gasteiger partial charge in [0.15, 0.2) is 0 Å². The summed E-state index contributed by atoms with van der Waals surface area (Å²) in [5.74, 6) is 0.138. The van der Waals surface area contributed by atoms with Crippen molar-refractivity contribution in [2.24, 2.45) is 0 Å². The van der Waals surface area contributed by atoms with E-state index in [2.05, 4.69) is 59.9 Å². The molecule has 0 spiro atoms. The van der Waals surface area contributed by atoms with Crippen LogP contribution in [0.4, 0.5) is 5.69 Å². The molecule has 0 aliphatic heterocycles. The summed E-state index contributed by atoms with van der Waals surface area (Å²) in [6, 6.07) is 39.7. The van der Waals surface area contributed by atoms with Gasteiger partial charge >= 0.3 is 5.97 Å². The molecule has 0 aliphatic carbocycles. The number of amides is 1. The number of nitrogens with one attached hydrogen (secondary N) is 1. The zero-order chi connectivity index (χ0) is 33.5. The minimum absolute atomic E-state index is 0.0671. The fraction of sp³-hybridized carbons (Fsp3) is 0.128. The average molecular weight is 657 g/mol. The quantitative estimate of drug-likeness (QED) is 0.0947. The number of carbonyl (C=O) groups is 2. The Morgan fingerprint density at radius 1 is 0.750 bits per heavy atom. The first-order valence-corrected chi connectivity index (χ1v) is 16.6. The van der Waals surface area contributed by atoms with Gasteiger partial charge in [0.1, 0.15) is 17.4 Å². The number of nitro groups is 1. The summed E-state index contributed by atoms with van der Waals surface area (Å²) < 4.78 is 6.32. The third-order valence-electron chi connectivity index (χ3n) is 8.04. The largest absolute Gasteiger partial charge is 0.480 e. The monoisotopic (exact) mass is 656 g/mol. The molecule has 9 heteroatoms. The van der Waals surface area contributed by atoms with Crippen LogP contribution in [0.15, 0.2) is 132 Å². The van der Waals surface area contributed by atoms with Crippen LogP contribution in [0.2, 0.25) is 0 Å². The zero-order valence-electron chi connectivity index (χ0n) is 25.9. The fourth-order valence-corrected chi connectivity index (χ4v) is 6.58. The van der Waals surface area contributed by atoms with Crippen LogP contribution in [0.3, 0.4) is 0 Å². The molecule has 0 aliphatic rings. The number of nitro benzene ring substituents is 1. The highest BCUT2D eigenvalue weighted by Gasteiger charge is 2.21. The van der Waals surface area contributed by atoms with Crippen LogP contribution >= 0.6 is 11.8 Å². The summed E-state index contributed by atoms with van der Waals surface area (Å²) in [6.45, 7) is 0. The van der Waals surface area contributed by atoms with E-state index in [1.807, 2.05) is 48.5 Å². The van der Waals surface area contributed by atoms with Crippen molar-refractivity contribution >= 4 is 40.3 Å². The van der Waals surface area contributed by atoms with Crippen molar-refractivity contribution in [3.8, 4) is 22.3 Å². The van der Waals surface area contributed by atoms with E-state index < -0.39 is 22.8 Å². The Balaban J connectivity index is 1.06. The van der Waals surface area contributed by atoms with Gasteiger partial charge in [-0.1, -0.05) is 109 Å². The molecule has 2 N–H and O–H groups in total. The predicted octanol–water partition coefficient (Wildman–Crippen LogP) is 8.31. The van der Waals surface area contributed by atoms with E-state index in [0.29, 0.717) is 17.7 Å². The zero-order valence-corrected chi connectivity index (χ0v) is 26.7. The van der Waals surface area contributed by atoms with Gasteiger partial charge in [0.25, 0.3) is 5.69 Å². The Bertz CT molecular complexity index is 2040. The lowest BCUT2D eigenvalue weighted by Crippen LogP contribution is -2.43. The van der Waals surface area contributed by atoms with E-state index in [0.717, 1.165) is 44.5 Å². The summed E-state index contributed by atoms with van der Waals surface area (Å²) >= 11 is 1.42. The van der Waals surface area contributed by atoms with Gasteiger partial charge in [-0.25, -0.2) is 4.79 Å². The van der Waals surface area contributed by atoms with Crippen LogP contribution in [0.25, 0.3) is 33.2 Å². The standard InChI is InChI=1S/C39H32N2O6S/c42-37(23-27-12-20-32(21-13-27)41(45)46)40-34(39(43)44)25-48-24-28-10-14-29(15-11-28)30-16-18-31(19-17-30)38-33-8-4-5-9-35(33)47-36(38)22-26-6-2-1-3-7-26/h1-21,34H,22-25H2,(H,40,42)(H,43,44). The van der Waals surface area contributed by atoms with Gasteiger partial charge in [-0.15, -0.1) is 0 Å². The second-order valence-corrected chi connectivity index (χ2v) is 12.4. The van der Waals surface area contributed by atoms with Crippen LogP contribution in [-0.4, -0.2) is 33.7 Å². The number of nitrogens with zero attached hydrogens (tertiary/aromatic N) is 1. The lowest BCUT2D eigenvalue weighted by Gasteiger charge is -2.14. The minimum Gasteiger partial charge on any atom is -0.480 e. The van der Waals surface area contributed by atoms with Gasteiger partial charge in [0.2, 0.25) is 5.91 Å². The van der Waals surface area contributed by atoms with Crippen molar-refractivity contribution in [1.82, 2.24) is 5.32 Å². The van der Waals surface area contributed by atoms with Crippen molar-refractivity contribution in [2.45, 2.75) is 24.6 Å². The summed E-state index contributed by atoms with van der Waals surface area (Å²) in [5, 5.41) is 24.1. The highest BCUT2D eigenvalue weighted by Crippen LogP contribution is 2.37. The van der Waals surface area contributed by atoms with Gasteiger partial charge < -0.3 is 14.8 Å². The second kappa shape index (κ2) is 14.8. The van der Waals surface area contributed by atoms with Crippen LogP contribution in [-0.2, 0) is 28.2 Å². The van der Waals surface area contributed by atoms with E-state index in [1.54, 1.807) is 0 Å². The second-order valence-electron chi connectivity index (χ2n) is 11.4. The molecule has 1 atom stereocenters. The van der Waals surface area contributed by atoms with Crippen molar-refractivity contribution < 1.29 is 24.0 Å². The van der Waals surface area contributed by atoms with E-state index >= 15 is 0 Å². The normalized spacial score (nSPS) is 11.7. The van der Waals surface area contributed by atoms with Gasteiger partial charge in [-0.2, -0.15) is 11.8 Å². The molecule has 0 fully saturated rings. The predicted molar refractivity (Wildman–Crippen MR) is 189 cm³/mol. The van der Waals surface area contributed by atoms with Crippen molar-refractivity contribution in [2.75, 3.05) is 5.75 Å². The van der Waals surface area contributed by atoms with Gasteiger partial charge in [0, 0.05) is 41.0 Å². The minimum atomic E-state index is -1.12. The number of carboxylic acid groups (broad SMARTS) is 1. The number of hydrogen-bond acceptors (Lipinski definition) is 6. The van der Waals surface area contributed by atoms with Crippen molar-refractivity contribution in [3.63, 3.8) is 0 Å². The van der Waals surface area contributed by atoms with Crippen LogP contribution < -0.4 is 5.32 Å². The number of aliphatic carboxylic acids is 1. The van der Waals surface area contributed by atoms with Crippen LogP contribution in [0.5, 0.6) is 0 Å². The molecule has 5 aromatic carbocycles. The molecule has 1 heterocycles. The number of furan rings is 1. The molecular formula is C39H32N2O6S. The van der Waals surface area contributed by atoms with Crippen molar-refractivity contribution in [1.29, 1.82) is 0 Å². The summed E-state index contributed by atoms with van der Waals surface area (Å²) in [6.07, 6.45) is 0.635. The SMILES string of the molecule is O=C(Cc1ccc([N+](=O)[O-])cc1)NC(CSCc1ccc(-c2ccc(-c3c(Cc4ccccc4)oc4ccccc34)cc2)cc1)C(=O)O. The Labute approximate surface area is 281 Å². The molecule has 1 unspecified atom stereocenters. The molecule has 240 valence electrons. The Kier molecular flexibility index (Phi) is 9.97. The number of carboxylic acids is 1. The number of rotatable bonds is 13. The smallest absolute Gasteiger partial charge is 0.327 e. The number of thioether (sulfide) groups is 1. The van der Waals surface area contributed by atoms with Crippen LogP contribution in [0.1, 0.15) is 22.5 Å². The number of carbonyl (C=O) groups excluding carboxylic acids is 1. The molecule has 1 amide bonds. The molecule has 6 aromatic rings. The van der Waals surface area contributed by atoms with Gasteiger partial charge in [-0.05, 0) is 39.4 Å². The lowest BCUT2D eigenvalue weighted by atomic mass is 9.96. The third-order valence-corrected chi connectivity index (χ3v) is 9.14. The fourth-order valence-electron chi connectivity index (χ4n) is 5.58. The van der Waals surface area contributed by atoms with E-state index in [4.69, 9.17) is 4.42 Å². The van der Waals surface area contributed by atoms with Gasteiger partial charge in [0.05, 0.1) is 11.3 Å². The van der Waals surface area contributed by atoms with E-state index in [-0.39, 0.29) is 17.9 Å². The first-order valence-electron chi connectivity index (χ1n) is 15.4. The number of fused-ring (bicyclic) bond motifs is 1. The highest BCUT2D eigenvalue weighted by atomic mass is 32.2. The van der Waals surface area contributed by atoms with Gasteiger partial charge in [-0.3, -0.25) is 14.9 Å². The number of para-hydroxylation sites is 1. The highest BCUT2D eigenvalue weighted by molar-refractivity contribution is 7.98. The average Bonchev–Trinajstić information content (AvgIpc) is 3.46. The first kappa shape index (κ1) is 32.3. The Hall–Kier alpha value is -5.67. The lowest BCUT2D eigenvalue weighted by molar-refractivity contribution is -0.384. The molecular weight excluding hydrogens is 625 g/mol. The first-order chi connectivity index (χ1) is 23.3. The molecule has 0 saturated carbocycles. The maximum absolute atomic E-state index is 12.5. The molecule has 6 rings (SSSR count). The topological polar surface area (TPSA) is 123 Å². The van der Waals surface area contributed by atoms with E-state index in [9.17, 15) is 24.8 Å². The number of benzene rings is 5. The molecule has 1 aromatic heterocycles.